The number of para-hydroxylation sites is 1. The number of ether oxygens (including phenoxy) is 1. The number of carboxylic acids is 1. The van der Waals surface area contributed by atoms with Crippen LogP contribution in [-0.4, -0.2) is 17.0 Å². The van der Waals surface area contributed by atoms with Crippen molar-refractivity contribution in [2.24, 2.45) is 5.92 Å². The van der Waals surface area contributed by atoms with Crippen LogP contribution in [0.3, 0.4) is 0 Å². The molecule has 2 aromatic carbocycles. The molecule has 0 unspecified atom stereocenters. The van der Waals surface area contributed by atoms with Crippen molar-refractivity contribution in [3.8, 4) is 11.5 Å². The maximum Gasteiger partial charge on any atom is 0.337 e. The topological polar surface area (TPSA) is 75.6 Å². The molecule has 0 bridgehead atoms. The summed E-state index contributed by atoms with van der Waals surface area (Å²) in [6.07, 6.45) is 4.95. The quantitative estimate of drug-likeness (QED) is 0.828. The molecule has 25 heavy (non-hydrogen) atoms. The zero-order valence-corrected chi connectivity index (χ0v) is 13.9. The molecule has 3 rings (SSSR count). The van der Waals surface area contributed by atoms with Gasteiger partial charge in [0.15, 0.2) is 0 Å². The molecule has 0 heterocycles. The van der Waals surface area contributed by atoms with Gasteiger partial charge in [0.2, 0.25) is 5.91 Å². The number of carbonyl (C=O) groups is 2. The van der Waals surface area contributed by atoms with E-state index in [9.17, 15) is 14.7 Å². The number of hydrogen-bond acceptors (Lipinski definition) is 3. The molecule has 5 nitrogen and oxygen atoms in total. The van der Waals surface area contributed by atoms with E-state index < -0.39 is 5.97 Å². The van der Waals surface area contributed by atoms with Crippen LogP contribution in [0.5, 0.6) is 11.5 Å². The lowest BCUT2D eigenvalue weighted by molar-refractivity contribution is -0.120. The standard InChI is InChI=1S/C20H21NO4/c22-19(14-7-3-1-4-8-14)21-18-13-16(11-12-17(18)20(23)24)25-15-9-5-2-6-10-15/h2,5-6,9-14H,1,3-4,7-8H2,(H,21,22)(H,23,24). The first kappa shape index (κ1) is 17.0. The molecule has 5 heteroatoms. The van der Waals surface area contributed by atoms with E-state index in [0.717, 1.165) is 32.1 Å². The number of carboxylic acid groups (broad SMARTS) is 1. The van der Waals surface area contributed by atoms with Crippen molar-refractivity contribution in [1.29, 1.82) is 0 Å². The average Bonchev–Trinajstić information content (AvgIpc) is 2.63. The van der Waals surface area contributed by atoms with Crippen molar-refractivity contribution in [3.05, 3.63) is 54.1 Å². The van der Waals surface area contributed by atoms with E-state index >= 15 is 0 Å². The maximum atomic E-state index is 12.5. The van der Waals surface area contributed by atoms with Crippen molar-refractivity contribution in [1.82, 2.24) is 0 Å². The summed E-state index contributed by atoms with van der Waals surface area (Å²) >= 11 is 0. The minimum atomic E-state index is -1.08. The molecule has 1 aliphatic rings. The van der Waals surface area contributed by atoms with E-state index in [0.29, 0.717) is 11.5 Å². The fourth-order valence-corrected chi connectivity index (χ4v) is 3.10. The number of nitrogens with one attached hydrogen (secondary N) is 1. The lowest BCUT2D eigenvalue weighted by atomic mass is 9.88. The first-order valence-electron chi connectivity index (χ1n) is 8.54. The van der Waals surface area contributed by atoms with Gasteiger partial charge in [-0.3, -0.25) is 4.79 Å². The van der Waals surface area contributed by atoms with Gasteiger partial charge >= 0.3 is 5.97 Å². The van der Waals surface area contributed by atoms with Gasteiger partial charge in [-0.15, -0.1) is 0 Å². The normalized spacial score (nSPS) is 14.7. The van der Waals surface area contributed by atoms with Crippen molar-refractivity contribution in [2.75, 3.05) is 5.32 Å². The summed E-state index contributed by atoms with van der Waals surface area (Å²) in [6.45, 7) is 0. The first-order valence-corrected chi connectivity index (χ1v) is 8.54. The van der Waals surface area contributed by atoms with Gasteiger partial charge in [0.1, 0.15) is 11.5 Å². The third-order valence-corrected chi connectivity index (χ3v) is 4.43. The minimum Gasteiger partial charge on any atom is -0.478 e. The molecule has 0 saturated heterocycles. The monoisotopic (exact) mass is 339 g/mol. The van der Waals surface area contributed by atoms with Gasteiger partial charge in [0, 0.05) is 12.0 Å². The average molecular weight is 339 g/mol. The second kappa shape index (κ2) is 7.83. The van der Waals surface area contributed by atoms with Gasteiger partial charge in [-0.2, -0.15) is 0 Å². The first-order chi connectivity index (χ1) is 12.1. The second-order valence-electron chi connectivity index (χ2n) is 6.25. The smallest absolute Gasteiger partial charge is 0.337 e. The summed E-state index contributed by atoms with van der Waals surface area (Å²) in [7, 11) is 0. The third kappa shape index (κ3) is 4.38. The molecule has 1 saturated carbocycles. The van der Waals surface area contributed by atoms with Gasteiger partial charge < -0.3 is 15.2 Å². The van der Waals surface area contributed by atoms with E-state index in [1.54, 1.807) is 12.1 Å². The Morgan fingerprint density at radius 3 is 2.36 bits per heavy atom. The Balaban J connectivity index is 1.80. The number of carbonyl (C=O) groups excluding carboxylic acids is 1. The van der Waals surface area contributed by atoms with Crippen molar-refractivity contribution in [3.63, 3.8) is 0 Å². The predicted octanol–water partition coefficient (Wildman–Crippen LogP) is 4.70. The zero-order valence-electron chi connectivity index (χ0n) is 13.9. The Morgan fingerprint density at radius 1 is 0.960 bits per heavy atom. The van der Waals surface area contributed by atoms with Crippen LogP contribution in [0.15, 0.2) is 48.5 Å². The molecule has 0 radical (unpaired) electrons. The molecule has 0 aliphatic heterocycles. The molecular formula is C20H21NO4. The van der Waals surface area contributed by atoms with Gasteiger partial charge in [-0.1, -0.05) is 37.5 Å². The molecule has 2 aromatic rings. The molecule has 1 amide bonds. The molecule has 1 fully saturated rings. The fraction of sp³-hybridized carbons (Fsp3) is 0.300. The van der Waals surface area contributed by atoms with Crippen LogP contribution >= 0.6 is 0 Å². The molecule has 0 spiro atoms. The minimum absolute atomic E-state index is 0.0471. The third-order valence-electron chi connectivity index (χ3n) is 4.43. The van der Waals surface area contributed by atoms with Crippen LogP contribution < -0.4 is 10.1 Å². The number of amides is 1. The SMILES string of the molecule is O=C(O)c1ccc(Oc2ccccc2)cc1NC(=O)C1CCCCC1. The number of aromatic carboxylic acids is 1. The Morgan fingerprint density at radius 2 is 1.68 bits per heavy atom. The molecule has 1 aliphatic carbocycles. The number of benzene rings is 2. The fourth-order valence-electron chi connectivity index (χ4n) is 3.10. The van der Waals surface area contributed by atoms with Gasteiger partial charge in [-0.05, 0) is 37.1 Å². The largest absolute Gasteiger partial charge is 0.478 e. The summed E-state index contributed by atoms with van der Waals surface area (Å²) in [5, 5.41) is 12.2. The highest BCUT2D eigenvalue weighted by Gasteiger charge is 2.23. The van der Waals surface area contributed by atoms with E-state index in [-0.39, 0.29) is 23.1 Å². The zero-order chi connectivity index (χ0) is 17.6. The molecule has 0 aromatic heterocycles. The van der Waals surface area contributed by atoms with Crippen LogP contribution in [0.25, 0.3) is 0 Å². The Labute approximate surface area is 146 Å². The number of anilines is 1. The lowest BCUT2D eigenvalue weighted by Crippen LogP contribution is -2.25. The highest BCUT2D eigenvalue weighted by molar-refractivity contribution is 6.01. The van der Waals surface area contributed by atoms with Crippen LogP contribution in [0.4, 0.5) is 5.69 Å². The van der Waals surface area contributed by atoms with E-state index in [4.69, 9.17) is 4.74 Å². The van der Waals surface area contributed by atoms with E-state index in [1.165, 1.54) is 6.07 Å². The summed E-state index contributed by atoms with van der Waals surface area (Å²) in [6, 6.07) is 13.8. The number of rotatable bonds is 5. The predicted molar refractivity (Wildman–Crippen MR) is 95.1 cm³/mol. The van der Waals surface area contributed by atoms with Crippen molar-refractivity contribution >= 4 is 17.6 Å². The Hall–Kier alpha value is -2.82. The van der Waals surface area contributed by atoms with Gasteiger partial charge in [-0.25, -0.2) is 4.79 Å². The molecule has 0 atom stereocenters. The van der Waals surface area contributed by atoms with Gasteiger partial charge in [0.05, 0.1) is 11.3 Å². The highest BCUT2D eigenvalue weighted by atomic mass is 16.5. The van der Waals surface area contributed by atoms with Crippen LogP contribution in [-0.2, 0) is 4.79 Å². The van der Waals surface area contributed by atoms with E-state index in [2.05, 4.69) is 5.32 Å². The van der Waals surface area contributed by atoms with Gasteiger partial charge in [0.25, 0.3) is 0 Å². The second-order valence-corrected chi connectivity index (χ2v) is 6.25. The van der Waals surface area contributed by atoms with Crippen molar-refractivity contribution in [2.45, 2.75) is 32.1 Å². The summed E-state index contributed by atoms with van der Waals surface area (Å²) in [5.41, 5.74) is 0.334. The van der Waals surface area contributed by atoms with Crippen LogP contribution in [0, 0.1) is 5.92 Å². The van der Waals surface area contributed by atoms with E-state index in [1.807, 2.05) is 30.3 Å². The summed E-state index contributed by atoms with van der Waals surface area (Å²) < 4.78 is 5.74. The summed E-state index contributed by atoms with van der Waals surface area (Å²) in [4.78, 5) is 23.9. The van der Waals surface area contributed by atoms with Crippen LogP contribution in [0.2, 0.25) is 0 Å². The summed E-state index contributed by atoms with van der Waals surface area (Å²) in [5.74, 6) is -0.108. The Bertz CT molecular complexity index is 752. The van der Waals surface area contributed by atoms with Crippen molar-refractivity contribution < 1.29 is 19.4 Å². The Kier molecular flexibility index (Phi) is 5.33. The molecule has 2 N–H and O–H groups in total. The lowest BCUT2D eigenvalue weighted by Gasteiger charge is -2.21. The molecule has 130 valence electrons. The highest BCUT2D eigenvalue weighted by Crippen LogP contribution is 2.29. The maximum absolute atomic E-state index is 12.5. The number of hydrogen-bond donors (Lipinski definition) is 2. The van der Waals surface area contributed by atoms with Crippen LogP contribution in [0.1, 0.15) is 42.5 Å². The molecular weight excluding hydrogens is 318 g/mol.